The molecule has 1 saturated carbocycles. The smallest absolute Gasteiger partial charge is 0.282 e. The van der Waals surface area contributed by atoms with Crippen LogP contribution in [-0.2, 0) is 27.0 Å². The number of nitrogens with one attached hydrogen (secondary N) is 1. The second kappa shape index (κ2) is 15.2. The minimum atomic E-state index is -0.622. The summed E-state index contributed by atoms with van der Waals surface area (Å²) in [5.74, 6) is 1.65. The van der Waals surface area contributed by atoms with E-state index in [2.05, 4.69) is 48.8 Å². The van der Waals surface area contributed by atoms with E-state index in [1.807, 2.05) is 18.2 Å². The first-order valence-electron chi connectivity index (χ1n) is 23.7. The van der Waals surface area contributed by atoms with Crippen LogP contribution in [-0.4, -0.2) is 106 Å². The van der Waals surface area contributed by atoms with Crippen molar-refractivity contribution in [3.8, 4) is 11.4 Å². The predicted octanol–water partition coefficient (Wildman–Crippen LogP) is 6.47. The highest BCUT2D eigenvalue weighted by atomic mass is 35.5. The van der Waals surface area contributed by atoms with Crippen LogP contribution in [0.4, 0.5) is 5.69 Å². The van der Waals surface area contributed by atoms with Gasteiger partial charge >= 0.3 is 0 Å². The van der Waals surface area contributed by atoms with Gasteiger partial charge in [0.2, 0.25) is 11.8 Å². The van der Waals surface area contributed by atoms with Crippen LogP contribution in [0.5, 0.6) is 5.75 Å². The number of hydrogen-bond acceptors (Lipinski definition) is 9. The molecule has 4 aromatic rings. The molecule has 0 bridgehead atoms. The number of nitrogens with zero attached hydrogens (tertiary/aromatic N) is 6. The van der Waals surface area contributed by atoms with E-state index >= 15 is 0 Å². The fraction of sp³-hybridized carbons (Fsp3) is 0.540. The van der Waals surface area contributed by atoms with Crippen LogP contribution in [0.15, 0.2) is 53.3 Å². The minimum absolute atomic E-state index is 0.0379. The van der Waals surface area contributed by atoms with E-state index < -0.39 is 6.04 Å². The lowest BCUT2D eigenvalue weighted by atomic mass is 9.70. The van der Waals surface area contributed by atoms with E-state index in [9.17, 15) is 19.2 Å². The van der Waals surface area contributed by atoms with Gasteiger partial charge in [-0.1, -0.05) is 49.1 Å². The standard InChI is InChI=1S/C50H56ClN7O5/c51-38-5-4-6-39-43(38)46(61)53-48-50(17-2-1-3-18-50)36-9-7-33(27-41(36)58(39)48)55-23-13-31(14-24-55)28-54-21-15-32(16-22-54)56-25-19-49(20-26-56)30-63-44-35-29-57(40-11-12-42(59)52-45(40)60)47(62)34(35)8-10-37(44)49/h4-10,27,31-32,40H,1-3,11-26,28-30H2,(H,52,59,60)/t40-/m0/s1. The van der Waals surface area contributed by atoms with E-state index in [1.165, 1.54) is 61.2 Å². The third-order valence-electron chi connectivity index (χ3n) is 16.8. The number of carbonyl (C=O) groups excluding carboxylic acids is 3. The number of imide groups is 1. The highest BCUT2D eigenvalue weighted by molar-refractivity contribution is 6.35. The van der Waals surface area contributed by atoms with Crippen LogP contribution in [0, 0.1) is 5.92 Å². The molecule has 3 aromatic carbocycles. The van der Waals surface area contributed by atoms with Crippen LogP contribution in [0.3, 0.4) is 0 Å². The summed E-state index contributed by atoms with van der Waals surface area (Å²) in [6.45, 7) is 8.69. The van der Waals surface area contributed by atoms with E-state index in [0.29, 0.717) is 47.5 Å². The summed E-state index contributed by atoms with van der Waals surface area (Å²) in [7, 11) is 0. The molecule has 63 heavy (non-hydrogen) atoms. The topological polar surface area (TPSA) is 120 Å². The van der Waals surface area contributed by atoms with Gasteiger partial charge in [-0.05, 0) is 126 Å². The first kappa shape index (κ1) is 39.8. The summed E-state index contributed by atoms with van der Waals surface area (Å²) in [6.07, 6.45) is 13.1. The number of aromatic nitrogens is 2. The van der Waals surface area contributed by atoms with Gasteiger partial charge in [0.1, 0.15) is 17.6 Å². The monoisotopic (exact) mass is 869 g/mol. The SMILES string of the molecule is O=C1CC[C@H](N2Cc3c(ccc4c3OCC43CCN(C4CCN(CC5CCN(c6ccc7c(c6)-n6c(nc(=O)c8c(Cl)cccc86)C76CCCCC6)CC5)CC4)CC3)C2=O)C(=O)N1. The Hall–Kier alpha value is -4.78. The number of halogens is 1. The zero-order valence-corrected chi connectivity index (χ0v) is 36.8. The number of anilines is 1. The second-order valence-electron chi connectivity index (χ2n) is 20.0. The molecule has 0 radical (unpaired) electrons. The Balaban J connectivity index is 0.657. The molecule has 8 aliphatic rings. The van der Waals surface area contributed by atoms with Crippen molar-refractivity contribution in [1.82, 2.24) is 29.6 Å². The van der Waals surface area contributed by atoms with Gasteiger partial charge in [0.05, 0.1) is 40.2 Å². The molecule has 0 unspecified atom stereocenters. The van der Waals surface area contributed by atoms with Crippen molar-refractivity contribution in [2.24, 2.45) is 5.92 Å². The molecule has 1 N–H and O–H groups in total. The summed E-state index contributed by atoms with van der Waals surface area (Å²) in [4.78, 5) is 65.7. The maximum atomic E-state index is 13.4. The number of likely N-dealkylation sites (tertiary alicyclic amines) is 2. The van der Waals surface area contributed by atoms with Gasteiger partial charge in [-0.25, -0.2) is 0 Å². The van der Waals surface area contributed by atoms with Gasteiger partial charge in [0, 0.05) is 59.9 Å². The summed E-state index contributed by atoms with van der Waals surface area (Å²) >= 11 is 6.63. The third-order valence-corrected chi connectivity index (χ3v) is 17.1. The largest absolute Gasteiger partial charge is 0.492 e. The third kappa shape index (κ3) is 6.32. The first-order valence-corrected chi connectivity index (χ1v) is 24.1. The molecule has 3 amide bonds. The molecule has 12 nitrogen and oxygen atoms in total. The van der Waals surface area contributed by atoms with Gasteiger partial charge in [0.25, 0.3) is 11.5 Å². The molecule has 13 heteroatoms. The molecular formula is C50H56ClN7O5. The average molecular weight is 870 g/mol. The highest BCUT2D eigenvalue weighted by Crippen LogP contribution is 2.53. The van der Waals surface area contributed by atoms with Gasteiger partial charge in [-0.3, -0.25) is 29.1 Å². The average Bonchev–Trinajstić information content (AvgIpc) is 3.92. The van der Waals surface area contributed by atoms with E-state index in [0.717, 1.165) is 100 Å². The van der Waals surface area contributed by atoms with Gasteiger partial charge in [-0.15, -0.1) is 0 Å². The van der Waals surface area contributed by atoms with Crippen LogP contribution in [0.2, 0.25) is 5.02 Å². The lowest BCUT2D eigenvalue weighted by Crippen LogP contribution is -2.52. The molecular weight excluding hydrogens is 814 g/mol. The molecule has 1 atom stereocenters. The first-order chi connectivity index (χ1) is 30.7. The molecule has 4 saturated heterocycles. The number of carbonyl (C=O) groups is 3. The lowest BCUT2D eigenvalue weighted by Gasteiger charge is -2.45. The Morgan fingerprint density at radius 2 is 1.60 bits per heavy atom. The van der Waals surface area contributed by atoms with Crippen LogP contribution in [0.1, 0.15) is 116 Å². The molecule has 328 valence electrons. The van der Waals surface area contributed by atoms with Crippen LogP contribution >= 0.6 is 11.6 Å². The normalized spacial score (nSPS) is 24.8. The van der Waals surface area contributed by atoms with Gasteiger partial charge in [0.15, 0.2) is 0 Å². The number of piperidine rings is 4. The molecule has 8 heterocycles. The van der Waals surface area contributed by atoms with E-state index in [-0.39, 0.29) is 40.5 Å². The number of hydrogen-bond donors (Lipinski definition) is 1. The zero-order valence-electron chi connectivity index (χ0n) is 36.0. The summed E-state index contributed by atoms with van der Waals surface area (Å²) in [5.41, 5.74) is 6.88. The molecule has 7 aliphatic heterocycles. The fourth-order valence-corrected chi connectivity index (χ4v) is 13.5. The molecule has 1 aliphatic carbocycles. The maximum absolute atomic E-state index is 13.4. The minimum Gasteiger partial charge on any atom is -0.492 e. The van der Waals surface area contributed by atoms with E-state index in [1.54, 1.807) is 11.0 Å². The van der Waals surface area contributed by atoms with Crippen molar-refractivity contribution < 1.29 is 19.1 Å². The Morgan fingerprint density at radius 1 is 0.825 bits per heavy atom. The van der Waals surface area contributed by atoms with Crippen molar-refractivity contribution >= 4 is 45.9 Å². The number of benzene rings is 3. The quantitative estimate of drug-likeness (QED) is 0.225. The van der Waals surface area contributed by atoms with Crippen molar-refractivity contribution in [2.75, 3.05) is 57.3 Å². The number of amides is 3. The Kier molecular flexibility index (Phi) is 9.57. The Bertz CT molecular complexity index is 2620. The maximum Gasteiger partial charge on any atom is 0.282 e. The predicted molar refractivity (Wildman–Crippen MR) is 241 cm³/mol. The van der Waals surface area contributed by atoms with Gasteiger partial charge < -0.3 is 24.3 Å². The van der Waals surface area contributed by atoms with Crippen molar-refractivity contribution in [3.63, 3.8) is 0 Å². The van der Waals surface area contributed by atoms with E-state index in [4.69, 9.17) is 21.3 Å². The molecule has 1 aromatic heterocycles. The fourth-order valence-electron chi connectivity index (χ4n) is 13.3. The Morgan fingerprint density at radius 3 is 2.38 bits per heavy atom. The van der Waals surface area contributed by atoms with Crippen LogP contribution in [0.25, 0.3) is 16.6 Å². The van der Waals surface area contributed by atoms with Crippen molar-refractivity contribution in [2.45, 2.75) is 113 Å². The highest BCUT2D eigenvalue weighted by Gasteiger charge is 2.49. The molecule has 5 fully saturated rings. The van der Waals surface area contributed by atoms with Gasteiger partial charge in [-0.2, -0.15) is 4.98 Å². The zero-order chi connectivity index (χ0) is 42.6. The summed E-state index contributed by atoms with van der Waals surface area (Å²) < 4.78 is 8.72. The number of ether oxygens (including phenoxy) is 1. The number of rotatable bonds is 5. The molecule has 12 rings (SSSR count). The second-order valence-corrected chi connectivity index (χ2v) is 20.4. The molecule has 2 spiro atoms. The van der Waals surface area contributed by atoms with Crippen molar-refractivity contribution in [3.05, 3.63) is 92.0 Å². The summed E-state index contributed by atoms with van der Waals surface area (Å²) in [6, 6.07) is 16.9. The summed E-state index contributed by atoms with van der Waals surface area (Å²) in [5, 5.41) is 3.39. The Labute approximate surface area is 372 Å². The van der Waals surface area contributed by atoms with Crippen molar-refractivity contribution in [1.29, 1.82) is 0 Å². The van der Waals surface area contributed by atoms with Crippen LogP contribution < -0.4 is 20.5 Å². The number of fused-ring (bicyclic) bond motifs is 11. The lowest BCUT2D eigenvalue weighted by molar-refractivity contribution is -0.136.